The fourth-order valence-electron chi connectivity index (χ4n) is 2.13. The maximum absolute atomic E-state index is 13.5. The van der Waals surface area contributed by atoms with Crippen LogP contribution in [0.5, 0.6) is 0 Å². The van der Waals surface area contributed by atoms with Gasteiger partial charge in [-0.25, -0.2) is 4.39 Å². The molecule has 1 aliphatic rings. The van der Waals surface area contributed by atoms with Gasteiger partial charge in [-0.05, 0) is 26.0 Å². The van der Waals surface area contributed by atoms with Crippen molar-refractivity contribution in [3.8, 4) is 0 Å². The lowest BCUT2D eigenvalue weighted by molar-refractivity contribution is -0.146. The first kappa shape index (κ1) is 15.7. The van der Waals surface area contributed by atoms with Crippen LogP contribution in [0.1, 0.15) is 25.8 Å². The first-order valence-corrected chi connectivity index (χ1v) is 6.99. The van der Waals surface area contributed by atoms with Crippen LogP contribution in [0.25, 0.3) is 6.08 Å². The van der Waals surface area contributed by atoms with Gasteiger partial charge in [0.2, 0.25) is 5.91 Å². The van der Waals surface area contributed by atoms with Crippen molar-refractivity contribution in [3.63, 3.8) is 0 Å². The molecule has 0 unspecified atom stereocenters. The number of hydrogen-bond donors (Lipinski definition) is 1. The highest BCUT2D eigenvalue weighted by atomic mass is 19.1. The van der Waals surface area contributed by atoms with Crippen LogP contribution in [0.15, 0.2) is 29.8 Å². The summed E-state index contributed by atoms with van der Waals surface area (Å²) in [4.78, 5) is 12.0. The first-order chi connectivity index (χ1) is 10.0. The number of carbonyl (C=O) groups is 1. The van der Waals surface area contributed by atoms with E-state index in [1.54, 1.807) is 25.1 Å². The van der Waals surface area contributed by atoms with Gasteiger partial charge in [0, 0.05) is 24.1 Å². The van der Waals surface area contributed by atoms with Gasteiger partial charge < -0.3 is 14.8 Å². The normalized spacial score (nSPS) is 17.8. The van der Waals surface area contributed by atoms with Crippen molar-refractivity contribution >= 4 is 12.0 Å². The van der Waals surface area contributed by atoms with Crippen LogP contribution in [0, 0.1) is 5.82 Å². The molecule has 0 radical (unpaired) electrons. The molecule has 21 heavy (non-hydrogen) atoms. The number of amides is 1. The third kappa shape index (κ3) is 4.37. The maximum atomic E-state index is 13.5. The second kappa shape index (κ2) is 6.83. The zero-order valence-electron chi connectivity index (χ0n) is 12.3. The molecule has 4 nitrogen and oxygen atoms in total. The van der Waals surface area contributed by atoms with E-state index in [0.29, 0.717) is 37.3 Å². The molecule has 1 fully saturated rings. The fourth-order valence-corrected chi connectivity index (χ4v) is 2.13. The summed E-state index contributed by atoms with van der Waals surface area (Å²) in [7, 11) is 0. The largest absolute Gasteiger partial charge is 0.352 e. The summed E-state index contributed by atoms with van der Waals surface area (Å²) < 4.78 is 24.4. The van der Waals surface area contributed by atoms with Crippen molar-refractivity contribution < 1.29 is 18.7 Å². The lowest BCUT2D eigenvalue weighted by Gasteiger charge is -2.22. The monoisotopic (exact) mass is 293 g/mol. The highest BCUT2D eigenvalue weighted by molar-refractivity contribution is 5.97. The summed E-state index contributed by atoms with van der Waals surface area (Å²) in [6, 6.07) is 6.35. The van der Waals surface area contributed by atoms with E-state index in [0.717, 1.165) is 0 Å². The third-order valence-electron chi connectivity index (χ3n) is 3.40. The quantitative estimate of drug-likeness (QED) is 0.849. The van der Waals surface area contributed by atoms with Crippen LogP contribution >= 0.6 is 0 Å². The fraction of sp³-hybridized carbons (Fsp3) is 0.438. The molecule has 1 amide bonds. The van der Waals surface area contributed by atoms with E-state index in [1.807, 2.05) is 6.92 Å². The molecule has 114 valence electrons. The Kier molecular flexibility index (Phi) is 5.09. The van der Waals surface area contributed by atoms with Crippen molar-refractivity contribution in [3.05, 3.63) is 41.2 Å². The zero-order chi connectivity index (χ0) is 15.3. The van der Waals surface area contributed by atoms with E-state index >= 15 is 0 Å². The smallest absolute Gasteiger partial charge is 0.246 e. The maximum Gasteiger partial charge on any atom is 0.246 e. The Morgan fingerprint density at radius 3 is 2.71 bits per heavy atom. The Bertz CT molecular complexity index is 536. The molecule has 0 atom stereocenters. The Morgan fingerprint density at radius 1 is 1.38 bits per heavy atom. The Balaban J connectivity index is 1.86. The van der Waals surface area contributed by atoms with Crippen molar-refractivity contribution in [2.45, 2.75) is 26.1 Å². The van der Waals surface area contributed by atoms with Crippen molar-refractivity contribution in [2.75, 3.05) is 19.8 Å². The van der Waals surface area contributed by atoms with Gasteiger partial charge in [0.1, 0.15) is 5.82 Å². The second-order valence-electron chi connectivity index (χ2n) is 5.19. The highest BCUT2D eigenvalue weighted by Gasteiger charge is 2.30. The van der Waals surface area contributed by atoms with Crippen LogP contribution < -0.4 is 5.32 Å². The highest BCUT2D eigenvalue weighted by Crippen LogP contribution is 2.21. The SMILES string of the molecule is C/C(=C\c1ccccc1F)C(=O)NCCC1(C)OCCO1. The summed E-state index contributed by atoms with van der Waals surface area (Å²) in [6.45, 7) is 5.12. The number of rotatable bonds is 5. The van der Waals surface area contributed by atoms with E-state index in [4.69, 9.17) is 9.47 Å². The molecule has 0 spiro atoms. The number of ether oxygens (including phenoxy) is 2. The topological polar surface area (TPSA) is 47.6 Å². The minimum Gasteiger partial charge on any atom is -0.352 e. The molecule has 1 aromatic carbocycles. The molecule has 5 heteroatoms. The van der Waals surface area contributed by atoms with E-state index < -0.39 is 5.79 Å². The summed E-state index contributed by atoms with van der Waals surface area (Å²) >= 11 is 0. The Labute approximate surface area is 123 Å². The zero-order valence-corrected chi connectivity index (χ0v) is 12.3. The number of benzene rings is 1. The van der Waals surface area contributed by atoms with Crippen LogP contribution in [-0.2, 0) is 14.3 Å². The summed E-state index contributed by atoms with van der Waals surface area (Å²) in [6.07, 6.45) is 2.11. The standard InChI is InChI=1S/C16H20FNO3/c1-12(11-13-5-3-4-6-14(13)17)15(19)18-8-7-16(2)20-9-10-21-16/h3-6,11H,7-10H2,1-2H3,(H,18,19)/b12-11+. The van der Waals surface area contributed by atoms with Gasteiger partial charge in [-0.15, -0.1) is 0 Å². The van der Waals surface area contributed by atoms with Crippen LogP contribution in [0.2, 0.25) is 0 Å². The predicted octanol–water partition coefficient (Wildman–Crippen LogP) is 2.50. The van der Waals surface area contributed by atoms with Gasteiger partial charge in [-0.2, -0.15) is 0 Å². The van der Waals surface area contributed by atoms with Crippen molar-refractivity contribution in [2.24, 2.45) is 0 Å². The lowest BCUT2D eigenvalue weighted by Crippen LogP contribution is -2.33. The molecular formula is C16H20FNO3. The number of nitrogens with one attached hydrogen (secondary N) is 1. The van der Waals surface area contributed by atoms with E-state index in [2.05, 4.69) is 5.32 Å². The molecule has 1 heterocycles. The summed E-state index contributed by atoms with van der Waals surface area (Å²) in [5.74, 6) is -1.18. The summed E-state index contributed by atoms with van der Waals surface area (Å²) in [5.41, 5.74) is 0.859. The molecular weight excluding hydrogens is 273 g/mol. The molecule has 1 saturated heterocycles. The number of halogens is 1. The summed E-state index contributed by atoms with van der Waals surface area (Å²) in [5, 5.41) is 2.78. The molecule has 1 N–H and O–H groups in total. The number of carbonyl (C=O) groups excluding carboxylic acids is 1. The number of hydrogen-bond acceptors (Lipinski definition) is 3. The molecule has 0 bridgehead atoms. The Hall–Kier alpha value is -1.72. The molecule has 0 aliphatic carbocycles. The molecule has 1 aromatic rings. The lowest BCUT2D eigenvalue weighted by atomic mass is 10.1. The minimum atomic E-state index is -0.615. The van der Waals surface area contributed by atoms with Crippen LogP contribution in [-0.4, -0.2) is 31.5 Å². The van der Waals surface area contributed by atoms with Gasteiger partial charge in [-0.3, -0.25) is 4.79 Å². The Morgan fingerprint density at radius 2 is 2.05 bits per heavy atom. The van der Waals surface area contributed by atoms with Crippen LogP contribution in [0.3, 0.4) is 0 Å². The molecule has 2 rings (SSSR count). The average molecular weight is 293 g/mol. The van der Waals surface area contributed by atoms with Gasteiger partial charge in [0.15, 0.2) is 5.79 Å². The minimum absolute atomic E-state index is 0.222. The first-order valence-electron chi connectivity index (χ1n) is 6.99. The molecule has 0 aromatic heterocycles. The van der Waals surface area contributed by atoms with Gasteiger partial charge in [-0.1, -0.05) is 18.2 Å². The average Bonchev–Trinajstić information content (AvgIpc) is 2.88. The molecule has 0 saturated carbocycles. The van der Waals surface area contributed by atoms with Gasteiger partial charge in [0.05, 0.1) is 13.2 Å². The van der Waals surface area contributed by atoms with E-state index in [-0.39, 0.29) is 11.7 Å². The third-order valence-corrected chi connectivity index (χ3v) is 3.40. The van der Waals surface area contributed by atoms with Crippen molar-refractivity contribution in [1.29, 1.82) is 0 Å². The van der Waals surface area contributed by atoms with E-state index in [1.165, 1.54) is 12.1 Å². The second-order valence-corrected chi connectivity index (χ2v) is 5.19. The van der Waals surface area contributed by atoms with Gasteiger partial charge in [0.25, 0.3) is 0 Å². The predicted molar refractivity (Wildman–Crippen MR) is 78.0 cm³/mol. The van der Waals surface area contributed by atoms with E-state index in [9.17, 15) is 9.18 Å². The van der Waals surface area contributed by atoms with Gasteiger partial charge >= 0.3 is 0 Å². The molecule has 1 aliphatic heterocycles. The van der Waals surface area contributed by atoms with Crippen molar-refractivity contribution in [1.82, 2.24) is 5.32 Å². The van der Waals surface area contributed by atoms with Crippen LogP contribution in [0.4, 0.5) is 4.39 Å².